The second kappa shape index (κ2) is 7.54. The minimum absolute atomic E-state index is 0.240. The summed E-state index contributed by atoms with van der Waals surface area (Å²) in [7, 11) is 0. The molecule has 0 saturated heterocycles. The van der Waals surface area contributed by atoms with E-state index < -0.39 is 6.09 Å². The first kappa shape index (κ1) is 16.7. The molecule has 23 heavy (non-hydrogen) atoms. The Kier molecular flexibility index (Phi) is 5.46. The van der Waals surface area contributed by atoms with Gasteiger partial charge in [-0.3, -0.25) is 0 Å². The van der Waals surface area contributed by atoms with Crippen molar-refractivity contribution in [3.05, 3.63) is 59.2 Å². The van der Waals surface area contributed by atoms with Crippen molar-refractivity contribution in [3.8, 4) is 0 Å². The van der Waals surface area contributed by atoms with Gasteiger partial charge < -0.3 is 21.5 Å². The molecule has 2 rings (SSSR count). The van der Waals surface area contributed by atoms with E-state index in [0.717, 1.165) is 22.4 Å². The van der Waals surface area contributed by atoms with Crippen molar-refractivity contribution in [1.82, 2.24) is 5.32 Å². The fourth-order valence-corrected chi connectivity index (χ4v) is 2.47. The summed E-state index contributed by atoms with van der Waals surface area (Å²) in [5, 5.41) is 14.8. The highest BCUT2D eigenvalue weighted by molar-refractivity contribution is 5.69. The number of aryl methyl sites for hydroxylation is 2. The highest BCUT2D eigenvalue weighted by Crippen LogP contribution is 2.23. The predicted octanol–water partition coefficient (Wildman–Crippen LogP) is 3.18. The number of nitrogens with one attached hydrogen (secondary N) is 2. The number of carboxylic acid groups (broad SMARTS) is 1. The average Bonchev–Trinajstić information content (AvgIpc) is 2.50. The van der Waals surface area contributed by atoms with Crippen LogP contribution in [0, 0.1) is 13.8 Å². The number of hydrogen-bond acceptors (Lipinski definition) is 3. The summed E-state index contributed by atoms with van der Waals surface area (Å²) in [6.07, 6.45) is -0.411. The Bertz CT molecular complexity index is 671. The molecule has 5 nitrogen and oxygen atoms in total. The van der Waals surface area contributed by atoms with Crippen molar-refractivity contribution in [1.29, 1.82) is 0 Å². The summed E-state index contributed by atoms with van der Waals surface area (Å²) in [4.78, 5) is 11.0. The van der Waals surface area contributed by atoms with Gasteiger partial charge in [-0.1, -0.05) is 30.3 Å². The maximum Gasteiger partial charge on any atom is 0.404 e. The van der Waals surface area contributed by atoms with Gasteiger partial charge in [-0.25, -0.2) is 4.79 Å². The number of amides is 1. The van der Waals surface area contributed by atoms with E-state index in [0.29, 0.717) is 18.7 Å². The van der Waals surface area contributed by atoms with Gasteiger partial charge in [-0.05, 0) is 49.1 Å². The van der Waals surface area contributed by atoms with Crippen molar-refractivity contribution in [2.24, 2.45) is 0 Å². The lowest BCUT2D eigenvalue weighted by molar-refractivity contribution is 0.190. The van der Waals surface area contributed by atoms with Gasteiger partial charge in [0.25, 0.3) is 0 Å². The first-order valence-corrected chi connectivity index (χ1v) is 7.59. The third-order valence-corrected chi connectivity index (χ3v) is 3.86. The molecule has 1 unspecified atom stereocenters. The lowest BCUT2D eigenvalue weighted by atomic mass is 10.0. The second-order valence-electron chi connectivity index (χ2n) is 5.74. The number of anilines is 2. The summed E-state index contributed by atoms with van der Waals surface area (Å²) in [5.74, 6) is 0. The van der Waals surface area contributed by atoms with Gasteiger partial charge in [0.2, 0.25) is 0 Å². The van der Waals surface area contributed by atoms with Gasteiger partial charge in [-0.15, -0.1) is 0 Å². The summed E-state index contributed by atoms with van der Waals surface area (Å²) in [5.41, 5.74) is 10.9. The Morgan fingerprint density at radius 1 is 1.17 bits per heavy atom. The van der Waals surface area contributed by atoms with E-state index >= 15 is 0 Å². The monoisotopic (exact) mass is 313 g/mol. The van der Waals surface area contributed by atoms with Gasteiger partial charge in [0.15, 0.2) is 0 Å². The van der Waals surface area contributed by atoms with Crippen molar-refractivity contribution < 1.29 is 9.90 Å². The third-order valence-electron chi connectivity index (χ3n) is 3.86. The standard InChI is InChI=1S/C18H23N3O2/c1-12-8-16(19)17(9-13(12)2)20-11-15(21-18(22)23)10-14-6-4-3-5-7-14/h3-9,15,20-21H,10-11,19H2,1-2H3,(H,22,23). The minimum Gasteiger partial charge on any atom is -0.465 e. The highest BCUT2D eigenvalue weighted by Gasteiger charge is 2.13. The third kappa shape index (κ3) is 4.92. The van der Waals surface area contributed by atoms with Crippen LogP contribution in [0.3, 0.4) is 0 Å². The summed E-state index contributed by atoms with van der Waals surface area (Å²) in [6.45, 7) is 4.50. The van der Waals surface area contributed by atoms with Crippen molar-refractivity contribution >= 4 is 17.5 Å². The van der Waals surface area contributed by atoms with Crippen molar-refractivity contribution in [2.75, 3.05) is 17.6 Å². The van der Waals surface area contributed by atoms with Gasteiger partial charge in [-0.2, -0.15) is 0 Å². The van der Waals surface area contributed by atoms with Gasteiger partial charge in [0, 0.05) is 6.54 Å². The number of nitrogens with two attached hydrogens (primary N) is 1. The molecule has 0 fully saturated rings. The zero-order valence-electron chi connectivity index (χ0n) is 13.5. The second-order valence-corrected chi connectivity index (χ2v) is 5.74. The zero-order chi connectivity index (χ0) is 16.8. The number of nitrogen functional groups attached to an aromatic ring is 1. The Hall–Kier alpha value is -2.69. The molecule has 0 aliphatic rings. The lowest BCUT2D eigenvalue weighted by Gasteiger charge is -2.20. The maximum atomic E-state index is 11.0. The first-order valence-electron chi connectivity index (χ1n) is 7.59. The summed E-state index contributed by atoms with van der Waals surface area (Å²) in [6, 6.07) is 13.5. The molecule has 0 bridgehead atoms. The lowest BCUT2D eigenvalue weighted by Crippen LogP contribution is -2.40. The molecule has 0 aliphatic heterocycles. The number of rotatable bonds is 6. The van der Waals surface area contributed by atoms with Crippen LogP contribution in [-0.4, -0.2) is 23.8 Å². The molecule has 0 radical (unpaired) electrons. The molecule has 2 aromatic carbocycles. The van der Waals surface area contributed by atoms with E-state index in [-0.39, 0.29) is 6.04 Å². The molecule has 2 aromatic rings. The van der Waals surface area contributed by atoms with Crippen LogP contribution < -0.4 is 16.4 Å². The smallest absolute Gasteiger partial charge is 0.404 e. The minimum atomic E-state index is -1.03. The van der Waals surface area contributed by atoms with Crippen LogP contribution in [0.2, 0.25) is 0 Å². The van der Waals surface area contributed by atoms with Crippen LogP contribution in [0.4, 0.5) is 16.2 Å². The van der Waals surface area contributed by atoms with Gasteiger partial charge >= 0.3 is 6.09 Å². The predicted molar refractivity (Wildman–Crippen MR) is 93.9 cm³/mol. The molecule has 5 heteroatoms. The quantitative estimate of drug-likeness (QED) is 0.617. The molecule has 122 valence electrons. The van der Waals surface area contributed by atoms with Crippen molar-refractivity contribution in [2.45, 2.75) is 26.3 Å². The van der Waals surface area contributed by atoms with Crippen molar-refractivity contribution in [3.63, 3.8) is 0 Å². The SMILES string of the molecule is Cc1cc(N)c(NCC(Cc2ccccc2)NC(=O)O)cc1C. The topological polar surface area (TPSA) is 87.4 Å². The van der Waals surface area contributed by atoms with Gasteiger partial charge in [0.1, 0.15) is 0 Å². The molecule has 0 aliphatic carbocycles. The van der Waals surface area contributed by atoms with E-state index in [1.165, 1.54) is 0 Å². The largest absolute Gasteiger partial charge is 0.465 e. The maximum absolute atomic E-state index is 11.0. The van der Waals surface area contributed by atoms with Crippen LogP contribution in [-0.2, 0) is 6.42 Å². The molecule has 1 amide bonds. The van der Waals surface area contributed by atoms with Crippen LogP contribution in [0.25, 0.3) is 0 Å². The molecule has 0 saturated carbocycles. The fraction of sp³-hybridized carbons (Fsp3) is 0.278. The summed E-state index contributed by atoms with van der Waals surface area (Å²) < 4.78 is 0. The number of hydrogen-bond donors (Lipinski definition) is 4. The first-order chi connectivity index (χ1) is 11.0. The van der Waals surface area contributed by atoms with Crippen LogP contribution >= 0.6 is 0 Å². The summed E-state index contributed by atoms with van der Waals surface area (Å²) >= 11 is 0. The Balaban J connectivity index is 2.06. The Morgan fingerprint density at radius 2 is 1.83 bits per heavy atom. The van der Waals surface area contributed by atoms with E-state index in [1.54, 1.807) is 0 Å². The Morgan fingerprint density at radius 3 is 2.48 bits per heavy atom. The van der Waals surface area contributed by atoms with E-state index in [9.17, 15) is 4.79 Å². The molecular weight excluding hydrogens is 290 g/mol. The van der Waals surface area contributed by atoms with E-state index in [1.807, 2.05) is 56.3 Å². The molecule has 0 aromatic heterocycles. The van der Waals surface area contributed by atoms with Crippen LogP contribution in [0.5, 0.6) is 0 Å². The highest BCUT2D eigenvalue weighted by atomic mass is 16.4. The zero-order valence-corrected chi connectivity index (χ0v) is 13.5. The van der Waals surface area contributed by atoms with E-state index in [2.05, 4.69) is 10.6 Å². The number of benzene rings is 2. The molecule has 0 spiro atoms. The molecular formula is C18H23N3O2. The number of carbonyl (C=O) groups is 1. The normalized spacial score (nSPS) is 11.7. The van der Waals surface area contributed by atoms with E-state index in [4.69, 9.17) is 10.8 Å². The van der Waals surface area contributed by atoms with Gasteiger partial charge in [0.05, 0.1) is 17.4 Å². The van der Waals surface area contributed by atoms with Crippen LogP contribution in [0.1, 0.15) is 16.7 Å². The molecule has 5 N–H and O–H groups in total. The molecule has 1 atom stereocenters. The molecule has 0 heterocycles. The fourth-order valence-electron chi connectivity index (χ4n) is 2.47. The average molecular weight is 313 g/mol. The van der Waals surface area contributed by atoms with Crippen LogP contribution in [0.15, 0.2) is 42.5 Å². The Labute approximate surface area is 136 Å².